The van der Waals surface area contributed by atoms with E-state index >= 15 is 8.78 Å². The highest BCUT2D eigenvalue weighted by molar-refractivity contribution is 5.94. The molecule has 11 heteroatoms. The first-order valence-corrected chi connectivity index (χ1v) is 15.4. The first-order valence-electron chi connectivity index (χ1n) is 15.4. The Morgan fingerprint density at radius 1 is 0.932 bits per heavy atom. The molecule has 0 bridgehead atoms. The number of carbonyl (C=O) groups excluding carboxylic acids is 3. The third-order valence-electron chi connectivity index (χ3n) is 11.3. The molecule has 6 nitrogen and oxygen atoms in total. The first-order chi connectivity index (χ1) is 20.6. The topological polar surface area (TPSA) is 77.9 Å². The van der Waals surface area contributed by atoms with E-state index in [1.165, 1.54) is 13.8 Å². The van der Waals surface area contributed by atoms with Gasteiger partial charge in [0.25, 0.3) is 5.91 Å². The highest BCUT2D eigenvalue weighted by Gasteiger charge is 2.79. The maximum Gasteiger partial charge on any atom is 0.456 e. The van der Waals surface area contributed by atoms with Crippen LogP contribution in [-0.4, -0.2) is 76.4 Å². The lowest BCUT2D eigenvalue weighted by Crippen LogP contribution is -2.65. The van der Waals surface area contributed by atoms with E-state index in [9.17, 15) is 32.7 Å². The van der Waals surface area contributed by atoms with Crippen molar-refractivity contribution in [2.45, 2.75) is 82.4 Å². The molecule has 0 spiro atoms. The molecule has 1 aliphatic heterocycles. The van der Waals surface area contributed by atoms with Gasteiger partial charge in [0.2, 0.25) is 5.91 Å². The number of halogens is 5. The number of carbonyl (C=O) groups is 3. The number of rotatable bonds is 3. The molecule has 1 saturated heterocycles. The maximum atomic E-state index is 15.2. The third-order valence-corrected chi connectivity index (χ3v) is 11.3. The van der Waals surface area contributed by atoms with Crippen molar-refractivity contribution in [2.24, 2.45) is 17.3 Å². The van der Waals surface area contributed by atoms with Gasteiger partial charge in [0.05, 0.1) is 0 Å². The van der Waals surface area contributed by atoms with Gasteiger partial charge in [-0.2, -0.15) is 22.0 Å². The van der Waals surface area contributed by atoms with Gasteiger partial charge >= 0.3 is 12.1 Å². The van der Waals surface area contributed by atoms with Crippen LogP contribution in [0.15, 0.2) is 47.1 Å². The number of hydrogen-bond donors (Lipinski definition) is 1. The molecule has 1 heterocycles. The average Bonchev–Trinajstić information content (AvgIpc) is 3.27. The number of ketones is 1. The number of nitrogens with zero attached hydrogens (tertiary/aromatic N) is 2. The van der Waals surface area contributed by atoms with E-state index in [1.54, 1.807) is 40.1 Å². The van der Waals surface area contributed by atoms with Crippen molar-refractivity contribution in [3.8, 4) is 0 Å². The van der Waals surface area contributed by atoms with Crippen LogP contribution in [0.25, 0.3) is 0 Å². The van der Waals surface area contributed by atoms with Gasteiger partial charge in [-0.1, -0.05) is 24.6 Å². The van der Waals surface area contributed by atoms with Crippen LogP contribution in [0, 0.1) is 17.3 Å². The Balaban J connectivity index is 1.38. The Hall–Kier alpha value is -3.08. The number of fused-ring (bicyclic) bond motifs is 4. The minimum atomic E-state index is -5.90. The van der Waals surface area contributed by atoms with Crippen LogP contribution in [0.2, 0.25) is 0 Å². The molecule has 4 aliphatic carbocycles. The predicted octanol–water partition coefficient (Wildman–Crippen LogP) is 5.82. The predicted molar refractivity (Wildman–Crippen MR) is 151 cm³/mol. The molecule has 0 aromatic heterocycles. The minimum absolute atomic E-state index is 0.0204. The molecule has 238 valence electrons. The fraction of sp³-hybridized carbons (Fsp3) is 0.606. The van der Waals surface area contributed by atoms with E-state index in [0.717, 1.165) is 16.7 Å². The number of benzene rings is 1. The summed E-state index contributed by atoms with van der Waals surface area (Å²) in [5.74, 6) is -6.98. The molecule has 0 unspecified atom stereocenters. The van der Waals surface area contributed by atoms with Crippen molar-refractivity contribution < 1.29 is 41.4 Å². The Kier molecular flexibility index (Phi) is 7.37. The molecule has 1 N–H and O–H groups in total. The van der Waals surface area contributed by atoms with Gasteiger partial charge < -0.3 is 14.9 Å². The Bertz CT molecular complexity index is 1440. The normalized spacial score (nSPS) is 32.6. The summed E-state index contributed by atoms with van der Waals surface area (Å²) >= 11 is 0. The highest BCUT2D eigenvalue weighted by Crippen LogP contribution is 2.70. The second kappa shape index (κ2) is 10.5. The average molecular weight is 621 g/mol. The van der Waals surface area contributed by atoms with E-state index in [1.807, 2.05) is 0 Å². The first kappa shape index (κ1) is 30.9. The zero-order valence-corrected chi connectivity index (χ0v) is 24.9. The Morgan fingerprint density at radius 3 is 2.18 bits per heavy atom. The SMILES string of the molecule is CC(=O)N1CCN(C(=O)c2ccc([C@H]3C[C@@]4(C)[C@@H](CC[C@]4(O)C(F)(F)C(F)(F)F)[C@@H]4CCC5=CC(=O)CCC5=C43)cc2)CC1. The van der Waals surface area contributed by atoms with Crippen LogP contribution in [0.1, 0.15) is 80.6 Å². The van der Waals surface area contributed by atoms with Crippen molar-refractivity contribution in [3.63, 3.8) is 0 Å². The van der Waals surface area contributed by atoms with Crippen molar-refractivity contribution in [1.82, 2.24) is 9.80 Å². The molecule has 1 aromatic rings. The largest absolute Gasteiger partial charge is 0.456 e. The van der Waals surface area contributed by atoms with E-state index < -0.39 is 41.4 Å². The lowest BCUT2D eigenvalue weighted by Gasteiger charge is -2.56. The summed E-state index contributed by atoms with van der Waals surface area (Å²) in [6.45, 7) is 4.53. The zero-order valence-electron chi connectivity index (χ0n) is 24.9. The summed E-state index contributed by atoms with van der Waals surface area (Å²) in [5.41, 5.74) is -1.03. The number of piperazine rings is 1. The molecule has 5 atom stereocenters. The lowest BCUT2D eigenvalue weighted by molar-refractivity contribution is -0.362. The number of aliphatic hydroxyl groups is 1. The lowest BCUT2D eigenvalue weighted by atomic mass is 9.50. The highest BCUT2D eigenvalue weighted by atomic mass is 19.4. The summed E-state index contributed by atoms with van der Waals surface area (Å²) in [7, 11) is 0. The van der Waals surface area contributed by atoms with Gasteiger partial charge in [-0.3, -0.25) is 14.4 Å². The quantitative estimate of drug-likeness (QED) is 0.433. The maximum absolute atomic E-state index is 15.2. The van der Waals surface area contributed by atoms with E-state index in [0.29, 0.717) is 63.0 Å². The monoisotopic (exact) mass is 620 g/mol. The number of allylic oxidation sites excluding steroid dienone is 4. The molecular formula is C33H37F5N2O4. The van der Waals surface area contributed by atoms with Gasteiger partial charge in [0, 0.05) is 56.4 Å². The zero-order chi connectivity index (χ0) is 31.8. The number of amides is 2. The van der Waals surface area contributed by atoms with Crippen LogP contribution in [-0.2, 0) is 9.59 Å². The van der Waals surface area contributed by atoms with E-state index in [2.05, 4.69) is 0 Å². The van der Waals surface area contributed by atoms with Crippen LogP contribution in [0.3, 0.4) is 0 Å². The van der Waals surface area contributed by atoms with Crippen molar-refractivity contribution in [1.29, 1.82) is 0 Å². The molecule has 3 fully saturated rings. The minimum Gasteiger partial charge on any atom is -0.383 e. The van der Waals surface area contributed by atoms with Crippen LogP contribution >= 0.6 is 0 Å². The molecule has 2 amide bonds. The second-order valence-electron chi connectivity index (χ2n) is 13.4. The fourth-order valence-corrected chi connectivity index (χ4v) is 8.98. The standard InChI is InChI=1S/C33H37F5N2O4/c1-19(41)39-13-15-40(16-14-39)29(43)21-5-3-20(4-6-21)26-18-30(2)27(11-12-31(30,44)32(34,35)33(36,37)38)25-9-7-22-17-23(42)8-10-24(22)28(25)26/h3-6,17,25-27,44H,7-16,18H2,1-2H3/t25-,26+,27-,30-,31+/m0/s1. The fourth-order valence-electron chi connectivity index (χ4n) is 8.98. The molecule has 44 heavy (non-hydrogen) atoms. The smallest absolute Gasteiger partial charge is 0.383 e. The van der Waals surface area contributed by atoms with Gasteiger partial charge in [0.15, 0.2) is 5.78 Å². The summed E-state index contributed by atoms with van der Waals surface area (Å²) in [4.78, 5) is 40.5. The van der Waals surface area contributed by atoms with E-state index in [-0.39, 0.29) is 36.4 Å². The molecule has 5 aliphatic rings. The summed E-state index contributed by atoms with van der Waals surface area (Å²) in [6, 6.07) is 6.78. The van der Waals surface area contributed by atoms with Gasteiger partial charge in [-0.15, -0.1) is 0 Å². The number of hydrogen-bond acceptors (Lipinski definition) is 4. The molecule has 6 rings (SSSR count). The second-order valence-corrected chi connectivity index (χ2v) is 13.4. The summed E-state index contributed by atoms with van der Waals surface area (Å²) < 4.78 is 71.8. The van der Waals surface area contributed by atoms with Crippen LogP contribution < -0.4 is 0 Å². The Morgan fingerprint density at radius 2 is 1.57 bits per heavy atom. The summed E-state index contributed by atoms with van der Waals surface area (Å²) in [5, 5.41) is 11.4. The summed E-state index contributed by atoms with van der Waals surface area (Å²) in [6.07, 6.45) is -3.14. The number of alkyl halides is 5. The van der Waals surface area contributed by atoms with Crippen molar-refractivity contribution in [3.05, 3.63) is 58.2 Å². The van der Waals surface area contributed by atoms with Gasteiger partial charge in [-0.25, -0.2) is 0 Å². The van der Waals surface area contributed by atoms with Crippen molar-refractivity contribution in [2.75, 3.05) is 26.2 Å². The third kappa shape index (κ3) is 4.55. The van der Waals surface area contributed by atoms with Gasteiger partial charge in [0.1, 0.15) is 5.60 Å². The van der Waals surface area contributed by atoms with Crippen LogP contribution in [0.4, 0.5) is 22.0 Å². The van der Waals surface area contributed by atoms with Gasteiger partial charge in [-0.05, 0) is 85.3 Å². The molecule has 0 radical (unpaired) electrons. The Labute approximate surface area is 253 Å². The van der Waals surface area contributed by atoms with Crippen molar-refractivity contribution >= 4 is 17.6 Å². The molecule has 2 saturated carbocycles. The van der Waals surface area contributed by atoms with Crippen LogP contribution in [0.5, 0.6) is 0 Å². The van der Waals surface area contributed by atoms with E-state index in [4.69, 9.17) is 0 Å². The molecular weight excluding hydrogens is 583 g/mol. The molecule has 1 aromatic carbocycles.